The maximum absolute atomic E-state index is 14.5. The summed E-state index contributed by atoms with van der Waals surface area (Å²) in [6, 6.07) is 7.82. The maximum Gasteiger partial charge on any atom is 0.331 e. The summed E-state index contributed by atoms with van der Waals surface area (Å²) in [6.07, 6.45) is 0. The van der Waals surface area contributed by atoms with Gasteiger partial charge in [-0.15, -0.1) is 24.8 Å². The van der Waals surface area contributed by atoms with Gasteiger partial charge in [-0.3, -0.25) is 4.90 Å². The highest BCUT2D eigenvalue weighted by Crippen LogP contribution is 2.46. The van der Waals surface area contributed by atoms with Gasteiger partial charge in [0.25, 0.3) is 0 Å². The molecule has 2 aromatic carbocycles. The zero-order valence-corrected chi connectivity index (χ0v) is 19.9. The first-order valence-corrected chi connectivity index (χ1v) is 11.1. The van der Waals surface area contributed by atoms with Crippen molar-refractivity contribution in [1.82, 2.24) is 10.2 Å². The van der Waals surface area contributed by atoms with Crippen LogP contribution in [-0.4, -0.2) is 51.6 Å². The fourth-order valence-electron chi connectivity index (χ4n) is 4.25. The lowest BCUT2D eigenvalue weighted by Gasteiger charge is -2.36. The minimum absolute atomic E-state index is 0. The topological polar surface area (TPSA) is 55.9 Å². The summed E-state index contributed by atoms with van der Waals surface area (Å²) in [6.45, 7) is 6.25. The highest BCUT2D eigenvalue weighted by Gasteiger charge is 2.43. The van der Waals surface area contributed by atoms with Crippen LogP contribution < -0.4 is 13.9 Å². The number of benzene rings is 2. The van der Waals surface area contributed by atoms with Gasteiger partial charge < -0.3 is 5.32 Å². The van der Waals surface area contributed by atoms with Crippen LogP contribution in [0.3, 0.4) is 0 Å². The average molecular weight is 513 g/mol. The minimum atomic E-state index is -4.30. The monoisotopic (exact) mass is 512 g/mol. The van der Waals surface area contributed by atoms with E-state index in [9.17, 15) is 21.6 Å². The van der Waals surface area contributed by atoms with E-state index >= 15 is 0 Å². The zero-order chi connectivity index (χ0) is 21.6. The molecule has 0 spiro atoms. The summed E-state index contributed by atoms with van der Waals surface area (Å²) in [7, 11) is -4.30. The number of nitrogens with one attached hydrogen (secondary N) is 1. The van der Waals surface area contributed by atoms with E-state index in [4.69, 9.17) is 0 Å². The predicted octanol–water partition coefficient (Wildman–Crippen LogP) is 3.83. The summed E-state index contributed by atoms with van der Waals surface area (Å²) in [4.78, 5) is 2.16. The molecular formula is C20H25Cl2F3N4O2S. The quantitative estimate of drug-likeness (QED) is 0.676. The second-order valence-corrected chi connectivity index (χ2v) is 9.48. The van der Waals surface area contributed by atoms with Crippen molar-refractivity contribution in [3.05, 3.63) is 53.8 Å². The Bertz CT molecular complexity index is 1040. The Morgan fingerprint density at radius 2 is 1.47 bits per heavy atom. The number of anilines is 3. The van der Waals surface area contributed by atoms with Crippen LogP contribution in [0.1, 0.15) is 13.8 Å². The van der Waals surface area contributed by atoms with Crippen molar-refractivity contribution in [2.45, 2.75) is 25.9 Å². The number of hydrogen-bond donors (Lipinski definition) is 1. The van der Waals surface area contributed by atoms with E-state index in [0.29, 0.717) is 28.7 Å². The molecule has 2 unspecified atom stereocenters. The van der Waals surface area contributed by atoms with E-state index in [0.717, 1.165) is 17.4 Å². The van der Waals surface area contributed by atoms with Gasteiger partial charge >= 0.3 is 10.2 Å². The Hall–Kier alpha value is -1.72. The summed E-state index contributed by atoms with van der Waals surface area (Å²) < 4.78 is 70.8. The van der Waals surface area contributed by atoms with E-state index in [1.165, 1.54) is 6.07 Å². The highest BCUT2D eigenvalue weighted by atomic mass is 35.5. The molecule has 0 saturated carbocycles. The van der Waals surface area contributed by atoms with Crippen LogP contribution in [-0.2, 0) is 10.2 Å². The van der Waals surface area contributed by atoms with Crippen LogP contribution in [0.4, 0.5) is 30.2 Å². The Morgan fingerprint density at radius 3 is 2.03 bits per heavy atom. The molecule has 178 valence electrons. The largest absolute Gasteiger partial charge is 0.331 e. The third-order valence-electron chi connectivity index (χ3n) is 5.32. The molecule has 32 heavy (non-hydrogen) atoms. The van der Waals surface area contributed by atoms with Crippen molar-refractivity contribution in [3.8, 4) is 0 Å². The smallest absolute Gasteiger partial charge is 0.309 e. The molecule has 2 aliphatic heterocycles. The second-order valence-electron chi connectivity index (χ2n) is 7.78. The first-order valence-electron chi connectivity index (χ1n) is 9.73. The maximum atomic E-state index is 14.5. The fraction of sp³-hybridized carbons (Fsp3) is 0.400. The zero-order valence-electron chi connectivity index (χ0n) is 17.5. The standard InChI is InChI=1S/C20H23F3N4O2S.2ClH/c1-13-11-25(12-14(2)24-13)7-8-26-18-5-3-4-6-19(18)27(30(26,28)29)20-16(22)9-15(21)10-17(20)23;;/h3-6,9-10,13-14,24H,7-8,11-12H2,1-2H3;2*1H. The van der Waals surface area contributed by atoms with Gasteiger partial charge in [0, 0.05) is 50.4 Å². The molecule has 0 radical (unpaired) electrons. The van der Waals surface area contributed by atoms with Crippen molar-refractivity contribution in [2.75, 3.05) is 34.8 Å². The number of fused-ring (bicyclic) bond motifs is 1. The molecule has 0 aromatic heterocycles. The number of para-hydroxylation sites is 2. The molecule has 0 aliphatic carbocycles. The molecule has 2 atom stereocenters. The third kappa shape index (κ3) is 4.79. The molecule has 2 aromatic rings. The fourth-order valence-corrected chi connectivity index (χ4v) is 5.97. The molecule has 0 amide bonds. The molecule has 0 bridgehead atoms. The second kappa shape index (κ2) is 10.0. The summed E-state index contributed by atoms with van der Waals surface area (Å²) in [5, 5.41) is 3.42. The molecule has 2 aliphatic rings. The minimum Gasteiger partial charge on any atom is -0.309 e. The SMILES string of the molecule is CC1CN(CCN2c3ccccc3N(c3c(F)cc(F)cc3F)S2(=O)=O)CC(C)N1.Cl.Cl. The lowest BCUT2D eigenvalue weighted by atomic mass is 10.1. The van der Waals surface area contributed by atoms with E-state index in [1.54, 1.807) is 18.2 Å². The number of nitrogens with zero attached hydrogens (tertiary/aromatic N) is 3. The van der Waals surface area contributed by atoms with Crippen LogP contribution in [0, 0.1) is 17.5 Å². The molecule has 1 fully saturated rings. The lowest BCUT2D eigenvalue weighted by molar-refractivity contribution is 0.178. The first-order chi connectivity index (χ1) is 14.2. The molecule has 1 N–H and O–H groups in total. The Kier molecular flexibility index (Phi) is 8.33. The molecule has 6 nitrogen and oxygen atoms in total. The summed E-state index contributed by atoms with van der Waals surface area (Å²) >= 11 is 0. The summed E-state index contributed by atoms with van der Waals surface area (Å²) in [5.41, 5.74) is -0.350. The molecular weight excluding hydrogens is 488 g/mol. The van der Waals surface area contributed by atoms with Gasteiger partial charge in [0.15, 0.2) is 11.6 Å². The number of rotatable bonds is 4. The number of halogens is 5. The summed E-state index contributed by atoms with van der Waals surface area (Å²) in [5.74, 6) is -3.67. The highest BCUT2D eigenvalue weighted by molar-refractivity contribution is 7.95. The van der Waals surface area contributed by atoms with Gasteiger partial charge in [0.1, 0.15) is 11.5 Å². The van der Waals surface area contributed by atoms with Gasteiger partial charge in [0.05, 0.1) is 11.4 Å². The van der Waals surface area contributed by atoms with Crippen LogP contribution in [0.15, 0.2) is 36.4 Å². The lowest BCUT2D eigenvalue weighted by Crippen LogP contribution is -2.55. The Labute approximate surface area is 198 Å². The Morgan fingerprint density at radius 1 is 0.938 bits per heavy atom. The van der Waals surface area contributed by atoms with Gasteiger partial charge in [-0.1, -0.05) is 12.1 Å². The van der Waals surface area contributed by atoms with Gasteiger partial charge in [-0.25, -0.2) is 21.8 Å². The van der Waals surface area contributed by atoms with Crippen LogP contribution >= 0.6 is 24.8 Å². The van der Waals surface area contributed by atoms with E-state index in [-0.39, 0.29) is 49.1 Å². The van der Waals surface area contributed by atoms with E-state index < -0.39 is 33.3 Å². The molecule has 4 rings (SSSR count). The number of hydrogen-bond acceptors (Lipinski definition) is 4. The van der Waals surface area contributed by atoms with Crippen LogP contribution in [0.25, 0.3) is 0 Å². The molecule has 1 saturated heterocycles. The van der Waals surface area contributed by atoms with Gasteiger partial charge in [0.2, 0.25) is 0 Å². The van der Waals surface area contributed by atoms with Crippen molar-refractivity contribution < 1.29 is 21.6 Å². The van der Waals surface area contributed by atoms with Crippen LogP contribution in [0.5, 0.6) is 0 Å². The number of piperazine rings is 1. The first kappa shape index (κ1) is 26.5. The van der Waals surface area contributed by atoms with Crippen molar-refractivity contribution in [3.63, 3.8) is 0 Å². The van der Waals surface area contributed by atoms with Gasteiger partial charge in [-0.05, 0) is 26.0 Å². The van der Waals surface area contributed by atoms with Crippen molar-refractivity contribution >= 4 is 52.1 Å². The van der Waals surface area contributed by atoms with E-state index in [2.05, 4.69) is 24.1 Å². The van der Waals surface area contributed by atoms with Crippen LogP contribution in [0.2, 0.25) is 0 Å². The van der Waals surface area contributed by atoms with Crippen molar-refractivity contribution in [2.24, 2.45) is 0 Å². The predicted molar refractivity (Wildman–Crippen MR) is 124 cm³/mol. The molecule has 12 heteroatoms. The normalized spacial score (nSPS) is 22.2. The Balaban J connectivity index is 0.00000181. The molecule has 2 heterocycles. The third-order valence-corrected chi connectivity index (χ3v) is 7.09. The average Bonchev–Trinajstić information content (AvgIpc) is 2.85. The van der Waals surface area contributed by atoms with E-state index in [1.807, 2.05) is 0 Å². The van der Waals surface area contributed by atoms with Crippen molar-refractivity contribution in [1.29, 1.82) is 0 Å². The van der Waals surface area contributed by atoms with Gasteiger partial charge in [-0.2, -0.15) is 8.42 Å².